The summed E-state index contributed by atoms with van der Waals surface area (Å²) in [4.78, 5) is 20.9. The Morgan fingerprint density at radius 2 is 1.72 bits per heavy atom. The number of hydrogen-bond donors (Lipinski definition) is 1. The molecule has 0 spiro atoms. The van der Waals surface area contributed by atoms with Gasteiger partial charge in [-0.1, -0.05) is 26.0 Å². The van der Waals surface area contributed by atoms with E-state index in [-0.39, 0.29) is 17.0 Å². The number of amides is 1. The molecule has 9 heteroatoms. The van der Waals surface area contributed by atoms with Crippen LogP contribution in [-0.2, 0) is 16.6 Å². The molecule has 1 amide bonds. The lowest BCUT2D eigenvalue weighted by molar-refractivity contribution is 0.0952. The molecule has 0 unspecified atom stereocenters. The number of nitrogens with one attached hydrogen (secondary N) is 1. The second-order valence-corrected chi connectivity index (χ2v) is 8.23. The first kappa shape index (κ1) is 20.8. The maximum Gasteiger partial charge on any atom is 0.253 e. The lowest BCUT2D eigenvalue weighted by atomic mass is 10.1. The summed E-state index contributed by atoms with van der Waals surface area (Å²) in [6.07, 6.45) is 2.86. The quantitative estimate of drug-likeness (QED) is 0.639. The number of halogens is 1. The van der Waals surface area contributed by atoms with Gasteiger partial charge in [0.1, 0.15) is 11.3 Å². The lowest BCUT2D eigenvalue weighted by Gasteiger charge is -2.18. The van der Waals surface area contributed by atoms with Gasteiger partial charge in [-0.05, 0) is 23.8 Å². The van der Waals surface area contributed by atoms with Crippen molar-refractivity contribution in [2.24, 2.45) is 0 Å². The lowest BCUT2D eigenvalue weighted by Crippen LogP contribution is -2.30. The highest BCUT2D eigenvalue weighted by atomic mass is 32.2. The normalized spacial score (nSPS) is 11.7. The molecule has 0 aliphatic carbocycles. The van der Waals surface area contributed by atoms with E-state index in [1.54, 1.807) is 26.0 Å². The molecule has 0 bridgehead atoms. The second-order valence-electron chi connectivity index (χ2n) is 6.29. The number of aromatic nitrogens is 2. The molecule has 0 saturated carbocycles. The first-order valence-corrected chi connectivity index (χ1v) is 10.6. The third kappa shape index (κ3) is 4.41. The van der Waals surface area contributed by atoms with Gasteiger partial charge in [0.15, 0.2) is 0 Å². The molecule has 3 aromatic rings. The largest absolute Gasteiger partial charge is 0.348 e. The molecule has 29 heavy (non-hydrogen) atoms. The first-order valence-electron chi connectivity index (χ1n) is 9.14. The van der Waals surface area contributed by atoms with E-state index >= 15 is 0 Å². The predicted octanol–water partition coefficient (Wildman–Crippen LogP) is 2.73. The van der Waals surface area contributed by atoms with E-state index in [0.29, 0.717) is 29.7 Å². The number of rotatable bonds is 7. The van der Waals surface area contributed by atoms with E-state index in [4.69, 9.17) is 0 Å². The van der Waals surface area contributed by atoms with E-state index in [1.807, 2.05) is 0 Å². The molecule has 7 nitrogen and oxygen atoms in total. The molecular formula is C20H21FN4O3S. The van der Waals surface area contributed by atoms with Gasteiger partial charge in [0.05, 0.1) is 16.0 Å². The summed E-state index contributed by atoms with van der Waals surface area (Å²) in [5, 5.41) is 2.70. The van der Waals surface area contributed by atoms with Gasteiger partial charge >= 0.3 is 0 Å². The number of hydrogen-bond acceptors (Lipinski definition) is 5. The van der Waals surface area contributed by atoms with Crippen LogP contribution in [0.15, 0.2) is 53.7 Å². The molecule has 1 aromatic heterocycles. The minimum atomic E-state index is -3.53. The Kier molecular flexibility index (Phi) is 6.19. The highest BCUT2D eigenvalue weighted by molar-refractivity contribution is 7.89. The minimum Gasteiger partial charge on any atom is -0.348 e. The zero-order valence-electron chi connectivity index (χ0n) is 16.1. The third-order valence-corrected chi connectivity index (χ3v) is 6.57. The standard InChI is InChI=1S/C20H21FN4O3S/c1-3-25(4-2)29(27,28)16-7-5-14(6-8-16)13-24-20(26)17-11-15(21)12-18-19(17)23-10-9-22-18/h5-12H,3-4,13H2,1-2H3,(H,24,26). The summed E-state index contributed by atoms with van der Waals surface area (Å²) >= 11 is 0. The molecule has 1 heterocycles. The van der Waals surface area contributed by atoms with Crippen LogP contribution < -0.4 is 5.32 Å². The van der Waals surface area contributed by atoms with Gasteiger partial charge in [0, 0.05) is 38.1 Å². The second kappa shape index (κ2) is 8.62. The van der Waals surface area contributed by atoms with Gasteiger partial charge in [-0.25, -0.2) is 12.8 Å². The molecule has 0 saturated heterocycles. The maximum atomic E-state index is 13.8. The van der Waals surface area contributed by atoms with E-state index in [0.717, 1.165) is 6.07 Å². The van der Waals surface area contributed by atoms with Crippen molar-refractivity contribution in [2.75, 3.05) is 13.1 Å². The summed E-state index contributed by atoms with van der Waals surface area (Å²) < 4.78 is 40.2. The number of fused-ring (bicyclic) bond motifs is 1. The molecular weight excluding hydrogens is 395 g/mol. The average molecular weight is 416 g/mol. The van der Waals surface area contributed by atoms with Gasteiger partial charge in [-0.2, -0.15) is 4.31 Å². The highest BCUT2D eigenvalue weighted by Crippen LogP contribution is 2.18. The molecule has 3 rings (SSSR count). The Bertz CT molecular complexity index is 1130. The predicted molar refractivity (Wildman–Crippen MR) is 107 cm³/mol. The van der Waals surface area contributed by atoms with Crippen molar-refractivity contribution in [1.29, 1.82) is 0 Å². The zero-order chi connectivity index (χ0) is 21.0. The van der Waals surface area contributed by atoms with Crippen molar-refractivity contribution in [1.82, 2.24) is 19.6 Å². The number of carbonyl (C=O) groups excluding carboxylic acids is 1. The monoisotopic (exact) mass is 416 g/mol. The summed E-state index contributed by atoms with van der Waals surface area (Å²) in [6, 6.07) is 8.64. The number of carbonyl (C=O) groups is 1. The van der Waals surface area contributed by atoms with Crippen molar-refractivity contribution >= 4 is 27.0 Å². The smallest absolute Gasteiger partial charge is 0.253 e. The minimum absolute atomic E-state index is 0.0915. The highest BCUT2D eigenvalue weighted by Gasteiger charge is 2.21. The van der Waals surface area contributed by atoms with E-state index in [2.05, 4.69) is 15.3 Å². The van der Waals surface area contributed by atoms with E-state index in [1.165, 1.54) is 34.9 Å². The van der Waals surface area contributed by atoms with Crippen LogP contribution in [0.25, 0.3) is 11.0 Å². The Morgan fingerprint density at radius 3 is 2.38 bits per heavy atom. The number of sulfonamides is 1. The fourth-order valence-electron chi connectivity index (χ4n) is 2.98. The molecule has 0 aliphatic heterocycles. The molecule has 0 atom stereocenters. The van der Waals surface area contributed by atoms with Crippen LogP contribution in [0.3, 0.4) is 0 Å². The molecule has 2 aromatic carbocycles. The Hall–Kier alpha value is -2.91. The SMILES string of the molecule is CCN(CC)S(=O)(=O)c1ccc(CNC(=O)c2cc(F)cc3nccnc23)cc1. The first-order chi connectivity index (χ1) is 13.9. The Balaban J connectivity index is 1.75. The molecule has 1 N–H and O–H groups in total. The van der Waals surface area contributed by atoms with Gasteiger partial charge in [0.2, 0.25) is 10.0 Å². The topological polar surface area (TPSA) is 92.3 Å². The fourth-order valence-corrected chi connectivity index (χ4v) is 4.44. The van der Waals surface area contributed by atoms with Gasteiger partial charge in [0.25, 0.3) is 5.91 Å². The van der Waals surface area contributed by atoms with Crippen molar-refractivity contribution < 1.29 is 17.6 Å². The maximum absolute atomic E-state index is 13.8. The fraction of sp³-hybridized carbons (Fsp3) is 0.250. The van der Waals surface area contributed by atoms with Crippen molar-refractivity contribution in [3.8, 4) is 0 Å². The third-order valence-electron chi connectivity index (χ3n) is 4.50. The van der Waals surface area contributed by atoms with Crippen LogP contribution in [0.2, 0.25) is 0 Å². The zero-order valence-corrected chi connectivity index (χ0v) is 16.9. The molecule has 152 valence electrons. The van der Waals surface area contributed by atoms with Crippen molar-refractivity contribution in [3.63, 3.8) is 0 Å². The van der Waals surface area contributed by atoms with E-state index < -0.39 is 21.7 Å². The summed E-state index contributed by atoms with van der Waals surface area (Å²) in [5.41, 5.74) is 1.41. The Labute approximate surface area is 168 Å². The van der Waals surface area contributed by atoms with Crippen LogP contribution in [0.4, 0.5) is 4.39 Å². The number of benzene rings is 2. The van der Waals surface area contributed by atoms with Crippen LogP contribution in [0.1, 0.15) is 29.8 Å². The van der Waals surface area contributed by atoms with Crippen LogP contribution >= 0.6 is 0 Å². The summed E-state index contributed by atoms with van der Waals surface area (Å²) in [6.45, 7) is 4.50. The average Bonchev–Trinajstić information content (AvgIpc) is 2.72. The van der Waals surface area contributed by atoms with Crippen LogP contribution in [0, 0.1) is 5.82 Å². The Morgan fingerprint density at radius 1 is 1.07 bits per heavy atom. The van der Waals surface area contributed by atoms with Crippen LogP contribution in [-0.4, -0.2) is 41.7 Å². The molecule has 0 fully saturated rings. The van der Waals surface area contributed by atoms with Gasteiger partial charge in [-0.3, -0.25) is 14.8 Å². The van der Waals surface area contributed by atoms with E-state index in [9.17, 15) is 17.6 Å². The summed E-state index contributed by atoms with van der Waals surface area (Å²) in [7, 11) is -3.53. The van der Waals surface area contributed by atoms with Gasteiger partial charge in [-0.15, -0.1) is 0 Å². The summed E-state index contributed by atoms with van der Waals surface area (Å²) in [5.74, 6) is -1.07. The molecule has 0 aliphatic rings. The molecule has 0 radical (unpaired) electrons. The van der Waals surface area contributed by atoms with Crippen molar-refractivity contribution in [3.05, 3.63) is 65.7 Å². The van der Waals surface area contributed by atoms with Crippen LogP contribution in [0.5, 0.6) is 0 Å². The number of nitrogens with zero attached hydrogens (tertiary/aromatic N) is 3. The van der Waals surface area contributed by atoms with Gasteiger partial charge < -0.3 is 5.32 Å². The van der Waals surface area contributed by atoms with Crippen molar-refractivity contribution in [2.45, 2.75) is 25.3 Å².